The van der Waals surface area contributed by atoms with Crippen LogP contribution in [0.4, 0.5) is 0 Å². The van der Waals surface area contributed by atoms with Crippen molar-refractivity contribution in [1.29, 1.82) is 0 Å². The molecule has 0 bridgehead atoms. The molecule has 2 atom stereocenters. The molecule has 0 amide bonds. The number of rotatable bonds is 8. The smallest absolute Gasteiger partial charge is 0.333 e. The van der Waals surface area contributed by atoms with Crippen LogP contribution < -0.4 is 0 Å². The van der Waals surface area contributed by atoms with Crippen LogP contribution in [-0.2, 0) is 19.1 Å². The highest BCUT2D eigenvalue weighted by Crippen LogP contribution is 2.17. The Hall–Kier alpha value is -1.58. The molecule has 0 fully saturated rings. The van der Waals surface area contributed by atoms with E-state index in [1.54, 1.807) is 20.8 Å². The topological polar surface area (TPSA) is 52.6 Å². The van der Waals surface area contributed by atoms with E-state index >= 15 is 0 Å². The van der Waals surface area contributed by atoms with E-state index in [1.165, 1.54) is 0 Å². The van der Waals surface area contributed by atoms with Crippen LogP contribution in [0.25, 0.3) is 0 Å². The summed E-state index contributed by atoms with van der Waals surface area (Å²) in [6.07, 6.45) is 1.42. The molecule has 19 heavy (non-hydrogen) atoms. The van der Waals surface area contributed by atoms with Crippen molar-refractivity contribution >= 4 is 11.9 Å². The third-order valence-corrected chi connectivity index (χ3v) is 2.74. The number of hydrogen-bond acceptors (Lipinski definition) is 4. The Balaban J connectivity index is 4.45. The summed E-state index contributed by atoms with van der Waals surface area (Å²) in [6, 6.07) is 0. The van der Waals surface area contributed by atoms with Gasteiger partial charge in [0.2, 0.25) is 0 Å². The molecule has 4 nitrogen and oxygen atoms in total. The molecule has 108 valence electrons. The van der Waals surface area contributed by atoms with E-state index in [2.05, 4.69) is 13.2 Å². The molecule has 0 radical (unpaired) electrons. The molecule has 0 aliphatic heterocycles. The fourth-order valence-corrected chi connectivity index (χ4v) is 1.50. The van der Waals surface area contributed by atoms with Crippen molar-refractivity contribution in [2.75, 3.05) is 6.61 Å². The Bertz CT molecular complexity index is 357. The van der Waals surface area contributed by atoms with Crippen LogP contribution in [0.2, 0.25) is 0 Å². The summed E-state index contributed by atoms with van der Waals surface area (Å²) in [5, 5.41) is 0. The summed E-state index contributed by atoms with van der Waals surface area (Å²) < 4.78 is 10.4. The number of hydrogen-bond donors (Lipinski definition) is 0. The van der Waals surface area contributed by atoms with Gasteiger partial charge in [0.25, 0.3) is 0 Å². The molecule has 0 spiro atoms. The van der Waals surface area contributed by atoms with Crippen LogP contribution in [0, 0.1) is 5.92 Å². The maximum absolute atomic E-state index is 11.5. The van der Waals surface area contributed by atoms with E-state index in [0.29, 0.717) is 11.1 Å². The molecular weight excluding hydrogens is 244 g/mol. The molecule has 0 aliphatic rings. The maximum atomic E-state index is 11.5. The van der Waals surface area contributed by atoms with Crippen molar-refractivity contribution in [3.05, 3.63) is 24.3 Å². The Labute approximate surface area is 115 Å². The first-order chi connectivity index (χ1) is 8.79. The summed E-state index contributed by atoms with van der Waals surface area (Å²) >= 11 is 0. The quantitative estimate of drug-likeness (QED) is 0.501. The Kier molecular flexibility index (Phi) is 7.80. The number of carbonyl (C=O) groups is 2. The second kappa shape index (κ2) is 8.51. The molecule has 0 aromatic rings. The van der Waals surface area contributed by atoms with Crippen molar-refractivity contribution in [3.63, 3.8) is 0 Å². The van der Waals surface area contributed by atoms with Crippen LogP contribution in [0.15, 0.2) is 24.3 Å². The van der Waals surface area contributed by atoms with Crippen LogP contribution >= 0.6 is 0 Å². The zero-order valence-electron chi connectivity index (χ0n) is 12.3. The van der Waals surface area contributed by atoms with Crippen LogP contribution in [0.3, 0.4) is 0 Å². The molecule has 0 aromatic carbocycles. The lowest BCUT2D eigenvalue weighted by atomic mass is 9.99. The highest BCUT2D eigenvalue weighted by molar-refractivity contribution is 5.87. The van der Waals surface area contributed by atoms with Crippen molar-refractivity contribution in [3.8, 4) is 0 Å². The molecule has 0 aliphatic carbocycles. The molecule has 0 rings (SSSR count). The van der Waals surface area contributed by atoms with Gasteiger partial charge in [-0.2, -0.15) is 0 Å². The molecule has 0 saturated carbocycles. The van der Waals surface area contributed by atoms with Crippen LogP contribution in [0.5, 0.6) is 0 Å². The first-order valence-corrected chi connectivity index (χ1v) is 6.48. The van der Waals surface area contributed by atoms with E-state index in [9.17, 15) is 9.59 Å². The highest BCUT2D eigenvalue weighted by Gasteiger charge is 2.22. The summed E-state index contributed by atoms with van der Waals surface area (Å²) in [6.45, 7) is 14.3. The van der Waals surface area contributed by atoms with Gasteiger partial charge in [0.15, 0.2) is 0 Å². The standard InChI is InChI=1S/C15H24O4/c1-7-8-13(9-18-14(16)10(2)3)12(6)19-15(17)11(4)5/h12-13H,2,4,7-9H2,1,3,5-6H3. The summed E-state index contributed by atoms with van der Waals surface area (Å²) in [4.78, 5) is 22.8. The van der Waals surface area contributed by atoms with Gasteiger partial charge in [-0.05, 0) is 27.2 Å². The zero-order valence-corrected chi connectivity index (χ0v) is 12.3. The van der Waals surface area contributed by atoms with Gasteiger partial charge in [0, 0.05) is 17.1 Å². The largest absolute Gasteiger partial charge is 0.462 e. The van der Waals surface area contributed by atoms with Crippen molar-refractivity contribution in [2.24, 2.45) is 5.92 Å². The van der Waals surface area contributed by atoms with Crippen LogP contribution in [0.1, 0.15) is 40.5 Å². The fraction of sp³-hybridized carbons (Fsp3) is 0.600. The van der Waals surface area contributed by atoms with Crippen LogP contribution in [-0.4, -0.2) is 24.6 Å². The van der Waals surface area contributed by atoms with E-state index in [0.717, 1.165) is 12.8 Å². The van der Waals surface area contributed by atoms with Gasteiger partial charge in [0.1, 0.15) is 6.10 Å². The molecule has 0 heterocycles. The fourth-order valence-electron chi connectivity index (χ4n) is 1.50. The molecule has 0 aromatic heterocycles. The second-order valence-corrected chi connectivity index (χ2v) is 4.82. The predicted molar refractivity (Wildman–Crippen MR) is 74.5 cm³/mol. The first kappa shape index (κ1) is 17.4. The molecular formula is C15H24O4. The van der Waals surface area contributed by atoms with Gasteiger partial charge in [-0.25, -0.2) is 9.59 Å². The summed E-state index contributed by atoms with van der Waals surface area (Å²) in [7, 11) is 0. The monoisotopic (exact) mass is 268 g/mol. The normalized spacial score (nSPS) is 13.3. The number of carbonyl (C=O) groups excluding carboxylic acids is 2. The van der Waals surface area contributed by atoms with Gasteiger partial charge >= 0.3 is 11.9 Å². The SMILES string of the molecule is C=C(C)C(=O)OCC(CCC)C(C)OC(=O)C(=C)C. The van der Waals surface area contributed by atoms with Gasteiger partial charge in [-0.1, -0.05) is 26.5 Å². The highest BCUT2D eigenvalue weighted by atomic mass is 16.6. The Morgan fingerprint density at radius 2 is 1.63 bits per heavy atom. The van der Waals surface area contributed by atoms with E-state index in [1.807, 2.05) is 6.92 Å². The van der Waals surface area contributed by atoms with Gasteiger partial charge in [-0.3, -0.25) is 0 Å². The van der Waals surface area contributed by atoms with Crippen molar-refractivity contribution in [2.45, 2.75) is 46.6 Å². The second-order valence-electron chi connectivity index (χ2n) is 4.82. The third kappa shape index (κ3) is 6.79. The zero-order chi connectivity index (χ0) is 15.0. The maximum Gasteiger partial charge on any atom is 0.333 e. The minimum atomic E-state index is -0.417. The lowest BCUT2D eigenvalue weighted by molar-refractivity contribution is -0.149. The van der Waals surface area contributed by atoms with Crippen molar-refractivity contribution < 1.29 is 19.1 Å². The van der Waals surface area contributed by atoms with Crippen molar-refractivity contribution in [1.82, 2.24) is 0 Å². The lowest BCUT2D eigenvalue weighted by Gasteiger charge is -2.23. The van der Waals surface area contributed by atoms with Gasteiger partial charge in [0.05, 0.1) is 6.61 Å². The van der Waals surface area contributed by atoms with E-state index in [-0.39, 0.29) is 18.6 Å². The summed E-state index contributed by atoms with van der Waals surface area (Å²) in [5.74, 6) is -0.851. The van der Waals surface area contributed by atoms with Gasteiger partial charge < -0.3 is 9.47 Å². The Morgan fingerprint density at radius 1 is 1.11 bits per heavy atom. The Morgan fingerprint density at radius 3 is 2.05 bits per heavy atom. The first-order valence-electron chi connectivity index (χ1n) is 6.48. The minimum Gasteiger partial charge on any atom is -0.462 e. The average Bonchev–Trinajstić information content (AvgIpc) is 2.33. The minimum absolute atomic E-state index is 0.0170. The number of ether oxygens (including phenoxy) is 2. The lowest BCUT2D eigenvalue weighted by Crippen LogP contribution is -2.29. The summed E-state index contributed by atoms with van der Waals surface area (Å²) in [5.41, 5.74) is 0.725. The van der Waals surface area contributed by atoms with Gasteiger partial charge in [-0.15, -0.1) is 0 Å². The van der Waals surface area contributed by atoms with E-state index in [4.69, 9.17) is 9.47 Å². The number of esters is 2. The van der Waals surface area contributed by atoms with E-state index < -0.39 is 11.9 Å². The predicted octanol–water partition coefficient (Wildman–Crippen LogP) is 3.03. The molecule has 0 saturated heterocycles. The molecule has 0 N–H and O–H groups in total. The molecule has 2 unspecified atom stereocenters. The third-order valence-electron chi connectivity index (χ3n) is 2.74. The average molecular weight is 268 g/mol. The molecule has 4 heteroatoms.